The summed E-state index contributed by atoms with van der Waals surface area (Å²) >= 11 is 0. The summed E-state index contributed by atoms with van der Waals surface area (Å²) in [4.78, 5) is 38.2. The largest absolute Gasteiger partial charge is 0.462 e. The van der Waals surface area contributed by atoms with Gasteiger partial charge in [0.05, 0.1) is 0 Å². The maximum Gasteiger partial charge on any atom is 0.306 e. The van der Waals surface area contributed by atoms with E-state index in [1.807, 2.05) is 0 Å². The van der Waals surface area contributed by atoms with Crippen molar-refractivity contribution in [3.05, 3.63) is 97.2 Å². The fourth-order valence-corrected chi connectivity index (χ4v) is 8.65. The molecule has 0 bridgehead atoms. The molecular formula is C68H116O6. The van der Waals surface area contributed by atoms with Crippen LogP contribution in [0.1, 0.15) is 297 Å². The number of ether oxygens (including phenoxy) is 3. The van der Waals surface area contributed by atoms with Crippen LogP contribution in [0, 0.1) is 0 Å². The Bertz CT molecular complexity index is 1460. The SMILES string of the molecule is CC/C=C\C/C=C\C/C=C\C/C=C\C/C=C\C/C=C\C/C=C\CCCCCC(=O)OCC(COC(=O)CCCCCCC/C=C\CCCCC)OC(=O)CCCCCCCCCCCCCCCCCCCCC. The van der Waals surface area contributed by atoms with Crippen LogP contribution in [0.4, 0.5) is 0 Å². The average molecular weight is 1030 g/mol. The van der Waals surface area contributed by atoms with Gasteiger partial charge in [-0.25, -0.2) is 0 Å². The summed E-state index contributed by atoms with van der Waals surface area (Å²) in [5, 5.41) is 0. The van der Waals surface area contributed by atoms with Gasteiger partial charge >= 0.3 is 17.9 Å². The van der Waals surface area contributed by atoms with E-state index in [1.165, 1.54) is 141 Å². The van der Waals surface area contributed by atoms with Gasteiger partial charge in [0, 0.05) is 19.3 Å². The van der Waals surface area contributed by atoms with Crippen molar-refractivity contribution in [3.63, 3.8) is 0 Å². The maximum absolute atomic E-state index is 12.9. The molecule has 0 fully saturated rings. The van der Waals surface area contributed by atoms with Crippen molar-refractivity contribution in [3.8, 4) is 0 Å². The molecular weight excluding hydrogens is 913 g/mol. The number of hydrogen-bond acceptors (Lipinski definition) is 6. The number of carbonyl (C=O) groups is 3. The van der Waals surface area contributed by atoms with E-state index in [0.717, 1.165) is 116 Å². The first-order valence-electron chi connectivity index (χ1n) is 31.2. The van der Waals surface area contributed by atoms with Crippen molar-refractivity contribution in [2.75, 3.05) is 13.2 Å². The van der Waals surface area contributed by atoms with Crippen LogP contribution in [0.25, 0.3) is 0 Å². The zero-order valence-corrected chi connectivity index (χ0v) is 48.6. The van der Waals surface area contributed by atoms with Gasteiger partial charge in [0.1, 0.15) is 13.2 Å². The van der Waals surface area contributed by atoms with E-state index in [1.54, 1.807) is 0 Å². The first-order valence-corrected chi connectivity index (χ1v) is 31.2. The Hall–Kier alpha value is -3.67. The van der Waals surface area contributed by atoms with E-state index in [0.29, 0.717) is 19.3 Å². The Morgan fingerprint density at radius 3 is 0.878 bits per heavy atom. The second-order valence-corrected chi connectivity index (χ2v) is 20.6. The van der Waals surface area contributed by atoms with Gasteiger partial charge in [-0.1, -0.05) is 272 Å². The minimum atomic E-state index is -0.794. The van der Waals surface area contributed by atoms with Gasteiger partial charge in [0.2, 0.25) is 0 Å². The number of allylic oxidation sites excluding steroid dienone is 16. The van der Waals surface area contributed by atoms with Crippen LogP contribution < -0.4 is 0 Å². The number of esters is 3. The lowest BCUT2D eigenvalue weighted by atomic mass is 10.0. The summed E-state index contributed by atoms with van der Waals surface area (Å²) in [7, 11) is 0. The highest BCUT2D eigenvalue weighted by atomic mass is 16.6. The molecule has 0 aliphatic carbocycles. The van der Waals surface area contributed by atoms with Crippen molar-refractivity contribution in [2.24, 2.45) is 0 Å². The van der Waals surface area contributed by atoms with E-state index in [-0.39, 0.29) is 31.1 Å². The highest BCUT2D eigenvalue weighted by molar-refractivity contribution is 5.71. The third-order valence-corrected chi connectivity index (χ3v) is 13.3. The summed E-state index contributed by atoms with van der Waals surface area (Å²) in [6, 6.07) is 0. The topological polar surface area (TPSA) is 78.9 Å². The molecule has 424 valence electrons. The van der Waals surface area contributed by atoms with Gasteiger partial charge < -0.3 is 14.2 Å². The standard InChI is InChI=1S/C68H116O6/c1-4-7-10-13-16-19-22-25-27-29-31-32-33-34-35-36-38-39-41-43-46-49-52-55-58-61-67(70)73-64-65(63-72-66(69)60-57-54-51-48-45-24-21-18-15-12-9-6-3)74-68(71)62-59-56-53-50-47-44-42-40-37-30-28-26-23-20-17-14-11-8-5-2/h7,10,16,18-19,21,25,27,31-32,34-35,38-39,43,46,65H,4-6,8-9,11-15,17,20,22-24,26,28-30,33,36-37,40-42,44-45,47-64H2,1-3H3/b10-7-,19-16-,21-18-,27-25-,32-31-,35-34-,39-38-,46-43-. The number of rotatable bonds is 56. The van der Waals surface area contributed by atoms with E-state index in [9.17, 15) is 14.4 Å². The first kappa shape index (κ1) is 70.3. The molecule has 0 aliphatic rings. The quantitative estimate of drug-likeness (QED) is 0.0261. The van der Waals surface area contributed by atoms with Crippen molar-refractivity contribution in [2.45, 2.75) is 303 Å². The summed E-state index contributed by atoms with van der Waals surface area (Å²) in [6.45, 7) is 6.49. The predicted octanol–water partition coefficient (Wildman–Crippen LogP) is 21.3. The molecule has 74 heavy (non-hydrogen) atoms. The number of carbonyl (C=O) groups excluding carboxylic acids is 3. The Morgan fingerprint density at radius 1 is 0.284 bits per heavy atom. The smallest absolute Gasteiger partial charge is 0.306 e. The molecule has 0 amide bonds. The molecule has 0 rings (SSSR count). The third kappa shape index (κ3) is 59.2. The molecule has 0 aliphatic heterocycles. The lowest BCUT2D eigenvalue weighted by molar-refractivity contribution is -0.167. The molecule has 0 radical (unpaired) electrons. The monoisotopic (exact) mass is 1030 g/mol. The van der Waals surface area contributed by atoms with Crippen LogP contribution >= 0.6 is 0 Å². The van der Waals surface area contributed by atoms with Crippen LogP contribution in [0.15, 0.2) is 97.2 Å². The molecule has 1 unspecified atom stereocenters. The van der Waals surface area contributed by atoms with Crippen molar-refractivity contribution in [1.29, 1.82) is 0 Å². The maximum atomic E-state index is 12.9. The summed E-state index contributed by atoms with van der Waals surface area (Å²) < 4.78 is 16.9. The average Bonchev–Trinajstić information content (AvgIpc) is 3.40. The molecule has 6 nitrogen and oxygen atoms in total. The predicted molar refractivity (Wildman–Crippen MR) is 320 cm³/mol. The fraction of sp³-hybridized carbons (Fsp3) is 0.721. The summed E-state index contributed by atoms with van der Waals surface area (Å²) in [5.74, 6) is -0.923. The second-order valence-electron chi connectivity index (χ2n) is 20.6. The lowest BCUT2D eigenvalue weighted by Crippen LogP contribution is -2.30. The molecule has 6 heteroatoms. The second kappa shape index (κ2) is 61.9. The van der Waals surface area contributed by atoms with Crippen LogP contribution in [0.3, 0.4) is 0 Å². The summed E-state index contributed by atoms with van der Waals surface area (Å²) in [6.07, 6.45) is 82.7. The number of hydrogen-bond donors (Lipinski definition) is 0. The van der Waals surface area contributed by atoms with Crippen LogP contribution in [-0.2, 0) is 28.6 Å². The van der Waals surface area contributed by atoms with Crippen molar-refractivity contribution >= 4 is 17.9 Å². The first-order chi connectivity index (χ1) is 36.5. The lowest BCUT2D eigenvalue weighted by Gasteiger charge is -2.18. The molecule has 0 aromatic carbocycles. The fourth-order valence-electron chi connectivity index (χ4n) is 8.65. The molecule has 0 aromatic heterocycles. The Morgan fingerprint density at radius 2 is 0.527 bits per heavy atom. The Kier molecular flexibility index (Phi) is 58.8. The van der Waals surface area contributed by atoms with Crippen molar-refractivity contribution < 1.29 is 28.6 Å². The molecule has 1 atom stereocenters. The zero-order valence-electron chi connectivity index (χ0n) is 48.6. The van der Waals surface area contributed by atoms with Gasteiger partial charge in [-0.2, -0.15) is 0 Å². The minimum Gasteiger partial charge on any atom is -0.462 e. The Labute approximate surface area is 457 Å². The Balaban J connectivity index is 4.39. The van der Waals surface area contributed by atoms with Gasteiger partial charge in [0.25, 0.3) is 0 Å². The van der Waals surface area contributed by atoms with Crippen LogP contribution in [0.5, 0.6) is 0 Å². The number of unbranched alkanes of at least 4 members (excludes halogenated alkanes) is 29. The summed E-state index contributed by atoms with van der Waals surface area (Å²) in [5.41, 5.74) is 0. The third-order valence-electron chi connectivity index (χ3n) is 13.3. The van der Waals surface area contributed by atoms with E-state index in [4.69, 9.17) is 14.2 Å². The molecule has 0 saturated carbocycles. The van der Waals surface area contributed by atoms with Gasteiger partial charge in [-0.15, -0.1) is 0 Å². The molecule has 0 heterocycles. The van der Waals surface area contributed by atoms with E-state index >= 15 is 0 Å². The van der Waals surface area contributed by atoms with Gasteiger partial charge in [-0.05, 0) is 103 Å². The molecule has 0 saturated heterocycles. The van der Waals surface area contributed by atoms with E-state index < -0.39 is 6.10 Å². The van der Waals surface area contributed by atoms with Crippen LogP contribution in [0.2, 0.25) is 0 Å². The normalized spacial score (nSPS) is 12.7. The molecule has 0 spiro atoms. The van der Waals surface area contributed by atoms with Crippen molar-refractivity contribution in [1.82, 2.24) is 0 Å². The van der Waals surface area contributed by atoms with E-state index in [2.05, 4.69) is 118 Å². The zero-order chi connectivity index (χ0) is 53.6. The minimum absolute atomic E-state index is 0.0907. The van der Waals surface area contributed by atoms with Gasteiger partial charge in [0.15, 0.2) is 6.10 Å². The highest BCUT2D eigenvalue weighted by Gasteiger charge is 2.19. The molecule has 0 aromatic rings. The molecule has 0 N–H and O–H groups in total. The highest BCUT2D eigenvalue weighted by Crippen LogP contribution is 2.16. The van der Waals surface area contributed by atoms with Gasteiger partial charge in [-0.3, -0.25) is 14.4 Å². The van der Waals surface area contributed by atoms with Crippen LogP contribution in [-0.4, -0.2) is 37.2 Å².